The minimum atomic E-state index is -0.201. The van der Waals surface area contributed by atoms with Gasteiger partial charge in [0, 0.05) is 36.0 Å². The Labute approximate surface area is 162 Å². The zero-order chi connectivity index (χ0) is 19.2. The molecular formula is C20H21N3O3S. The zero-order valence-corrected chi connectivity index (χ0v) is 16.3. The fourth-order valence-corrected chi connectivity index (χ4v) is 3.40. The van der Waals surface area contributed by atoms with E-state index >= 15 is 0 Å². The second-order valence-electron chi connectivity index (χ2n) is 6.01. The largest absolute Gasteiger partial charge is 0.491 e. The summed E-state index contributed by atoms with van der Waals surface area (Å²) in [6.45, 7) is 5.08. The fraction of sp³-hybridized carbons (Fsp3) is 0.250. The highest BCUT2D eigenvalue weighted by Gasteiger charge is 2.12. The molecule has 0 fully saturated rings. The molecule has 0 atom stereocenters. The molecule has 0 aliphatic heterocycles. The topological polar surface area (TPSA) is 73.3 Å². The highest BCUT2D eigenvalue weighted by molar-refractivity contribution is 7.14. The number of ether oxygens (including phenoxy) is 2. The van der Waals surface area contributed by atoms with Crippen LogP contribution >= 0.6 is 11.3 Å². The minimum Gasteiger partial charge on any atom is -0.491 e. The highest BCUT2D eigenvalue weighted by atomic mass is 32.1. The molecule has 0 saturated heterocycles. The molecule has 6 nitrogen and oxygen atoms in total. The molecular weight excluding hydrogens is 362 g/mol. The van der Waals surface area contributed by atoms with E-state index in [1.165, 1.54) is 11.3 Å². The first-order valence-corrected chi connectivity index (χ1v) is 9.36. The quantitative estimate of drug-likeness (QED) is 0.622. The van der Waals surface area contributed by atoms with Gasteiger partial charge in [-0.3, -0.25) is 15.1 Å². The van der Waals surface area contributed by atoms with E-state index in [-0.39, 0.29) is 5.91 Å². The molecule has 2 aromatic heterocycles. The molecule has 140 valence electrons. The van der Waals surface area contributed by atoms with Crippen molar-refractivity contribution in [3.8, 4) is 17.0 Å². The molecule has 1 aromatic carbocycles. The summed E-state index contributed by atoms with van der Waals surface area (Å²) in [5.41, 5.74) is 4.43. The number of thiazole rings is 1. The van der Waals surface area contributed by atoms with E-state index in [9.17, 15) is 4.79 Å². The van der Waals surface area contributed by atoms with Crippen LogP contribution in [-0.2, 0) is 4.74 Å². The van der Waals surface area contributed by atoms with Crippen LogP contribution in [0.3, 0.4) is 0 Å². The number of anilines is 1. The van der Waals surface area contributed by atoms with Crippen molar-refractivity contribution in [2.45, 2.75) is 13.8 Å². The first kappa shape index (κ1) is 19.0. The molecule has 27 heavy (non-hydrogen) atoms. The Morgan fingerprint density at radius 2 is 1.85 bits per heavy atom. The van der Waals surface area contributed by atoms with E-state index in [4.69, 9.17) is 9.47 Å². The number of methoxy groups -OCH3 is 1. The number of carbonyl (C=O) groups excluding carboxylic acids is 1. The maximum Gasteiger partial charge on any atom is 0.257 e. The number of nitrogens with zero attached hydrogens (tertiary/aromatic N) is 2. The number of rotatable bonds is 7. The van der Waals surface area contributed by atoms with Crippen molar-refractivity contribution in [1.29, 1.82) is 0 Å². The third-order valence-corrected chi connectivity index (χ3v) is 4.71. The first-order chi connectivity index (χ1) is 13.1. The lowest BCUT2D eigenvalue weighted by atomic mass is 10.0. The van der Waals surface area contributed by atoms with Gasteiger partial charge in [0.05, 0.1) is 12.3 Å². The average Bonchev–Trinajstić information content (AvgIpc) is 3.13. The SMILES string of the molecule is COCCOc1c(C)cc(-c2csc(NC(=O)c3ccncc3)n2)cc1C. The number of hydrogen-bond donors (Lipinski definition) is 1. The van der Waals surface area contributed by atoms with E-state index < -0.39 is 0 Å². The molecule has 1 N–H and O–H groups in total. The number of benzene rings is 1. The van der Waals surface area contributed by atoms with E-state index in [0.29, 0.717) is 23.9 Å². The predicted molar refractivity (Wildman–Crippen MR) is 107 cm³/mol. The van der Waals surface area contributed by atoms with Crippen LogP contribution in [0.2, 0.25) is 0 Å². The third kappa shape index (κ3) is 4.69. The van der Waals surface area contributed by atoms with Crippen LogP contribution in [-0.4, -0.2) is 36.2 Å². The second-order valence-corrected chi connectivity index (χ2v) is 6.87. The standard InChI is InChI=1S/C20H21N3O3S/c1-13-10-16(11-14(2)18(13)26-9-8-25-3)17-12-27-20(22-17)23-19(24)15-4-6-21-7-5-15/h4-7,10-12H,8-9H2,1-3H3,(H,22,23,24). The maximum absolute atomic E-state index is 12.2. The van der Waals surface area contributed by atoms with Gasteiger partial charge in [-0.05, 0) is 49.2 Å². The van der Waals surface area contributed by atoms with Crippen molar-refractivity contribution in [2.75, 3.05) is 25.6 Å². The van der Waals surface area contributed by atoms with Crippen molar-refractivity contribution in [2.24, 2.45) is 0 Å². The van der Waals surface area contributed by atoms with E-state index in [1.807, 2.05) is 31.4 Å². The molecule has 0 aliphatic carbocycles. The average molecular weight is 383 g/mol. The van der Waals surface area contributed by atoms with Crippen molar-refractivity contribution < 1.29 is 14.3 Å². The molecule has 0 aliphatic rings. The van der Waals surface area contributed by atoms with Crippen molar-refractivity contribution in [1.82, 2.24) is 9.97 Å². The summed E-state index contributed by atoms with van der Waals surface area (Å²) in [6.07, 6.45) is 3.17. The Morgan fingerprint density at radius 3 is 2.52 bits per heavy atom. The van der Waals surface area contributed by atoms with Gasteiger partial charge < -0.3 is 9.47 Å². The molecule has 0 saturated carbocycles. The number of aromatic nitrogens is 2. The Balaban J connectivity index is 1.75. The normalized spacial score (nSPS) is 10.6. The summed E-state index contributed by atoms with van der Waals surface area (Å²) in [5.74, 6) is 0.671. The Morgan fingerprint density at radius 1 is 1.15 bits per heavy atom. The van der Waals surface area contributed by atoms with Gasteiger partial charge in [0.15, 0.2) is 5.13 Å². The Hall–Kier alpha value is -2.77. The lowest BCUT2D eigenvalue weighted by Gasteiger charge is -2.13. The van der Waals surface area contributed by atoms with Gasteiger partial charge >= 0.3 is 0 Å². The lowest BCUT2D eigenvalue weighted by Crippen LogP contribution is -2.11. The summed E-state index contributed by atoms with van der Waals surface area (Å²) in [4.78, 5) is 20.7. The molecule has 7 heteroatoms. The molecule has 0 radical (unpaired) electrons. The highest BCUT2D eigenvalue weighted by Crippen LogP contribution is 2.32. The third-order valence-electron chi connectivity index (χ3n) is 3.96. The monoisotopic (exact) mass is 383 g/mol. The minimum absolute atomic E-state index is 0.201. The van der Waals surface area contributed by atoms with E-state index in [0.717, 1.165) is 28.1 Å². The maximum atomic E-state index is 12.2. The van der Waals surface area contributed by atoms with Crippen molar-refractivity contribution >= 4 is 22.4 Å². The van der Waals surface area contributed by atoms with E-state index in [2.05, 4.69) is 15.3 Å². The van der Waals surface area contributed by atoms with Crippen LogP contribution in [0.1, 0.15) is 21.5 Å². The van der Waals surface area contributed by atoms with Crippen LogP contribution in [0.25, 0.3) is 11.3 Å². The van der Waals surface area contributed by atoms with Crippen LogP contribution in [0.5, 0.6) is 5.75 Å². The molecule has 0 spiro atoms. The number of nitrogens with one attached hydrogen (secondary N) is 1. The summed E-state index contributed by atoms with van der Waals surface area (Å²) in [7, 11) is 1.65. The van der Waals surface area contributed by atoms with Gasteiger partial charge in [0.25, 0.3) is 5.91 Å². The summed E-state index contributed by atoms with van der Waals surface area (Å²) >= 11 is 1.39. The van der Waals surface area contributed by atoms with Crippen LogP contribution in [0.4, 0.5) is 5.13 Å². The summed E-state index contributed by atoms with van der Waals surface area (Å²) in [6, 6.07) is 7.41. The lowest BCUT2D eigenvalue weighted by molar-refractivity contribution is 0.102. The number of hydrogen-bond acceptors (Lipinski definition) is 6. The van der Waals surface area contributed by atoms with Crippen molar-refractivity contribution in [3.05, 3.63) is 58.7 Å². The van der Waals surface area contributed by atoms with Gasteiger partial charge in [0.1, 0.15) is 12.4 Å². The van der Waals surface area contributed by atoms with Gasteiger partial charge in [0.2, 0.25) is 0 Å². The molecule has 0 unspecified atom stereocenters. The van der Waals surface area contributed by atoms with Crippen molar-refractivity contribution in [3.63, 3.8) is 0 Å². The summed E-state index contributed by atoms with van der Waals surface area (Å²) < 4.78 is 10.8. The molecule has 1 amide bonds. The smallest absolute Gasteiger partial charge is 0.257 e. The molecule has 3 aromatic rings. The second kappa shape index (κ2) is 8.75. The number of amides is 1. The van der Waals surface area contributed by atoms with E-state index in [1.54, 1.807) is 31.6 Å². The number of carbonyl (C=O) groups is 1. The van der Waals surface area contributed by atoms with Gasteiger partial charge in [-0.1, -0.05) is 0 Å². The fourth-order valence-electron chi connectivity index (χ4n) is 2.69. The molecule has 0 bridgehead atoms. The van der Waals surface area contributed by atoms with Crippen LogP contribution in [0, 0.1) is 13.8 Å². The van der Waals surface area contributed by atoms with Crippen LogP contribution < -0.4 is 10.1 Å². The first-order valence-electron chi connectivity index (χ1n) is 8.48. The van der Waals surface area contributed by atoms with Gasteiger partial charge in [-0.25, -0.2) is 4.98 Å². The Bertz CT molecular complexity index is 902. The number of pyridine rings is 1. The predicted octanol–water partition coefficient (Wildman–Crippen LogP) is 4.10. The molecule has 2 heterocycles. The molecule has 3 rings (SSSR count). The summed E-state index contributed by atoms with van der Waals surface area (Å²) in [5, 5.41) is 5.32. The van der Waals surface area contributed by atoms with Crippen LogP contribution in [0.15, 0.2) is 42.0 Å². The van der Waals surface area contributed by atoms with Gasteiger partial charge in [-0.15, -0.1) is 11.3 Å². The number of aryl methyl sites for hydroxylation is 2. The van der Waals surface area contributed by atoms with Gasteiger partial charge in [-0.2, -0.15) is 0 Å². The zero-order valence-electron chi connectivity index (χ0n) is 15.5. The Kier molecular flexibility index (Phi) is 6.16.